The summed E-state index contributed by atoms with van der Waals surface area (Å²) in [5.41, 5.74) is 0.647. The highest BCUT2D eigenvalue weighted by atomic mass is 16.6. The maximum atomic E-state index is 11.0. The summed E-state index contributed by atoms with van der Waals surface area (Å²) in [6.45, 7) is 6.63. The van der Waals surface area contributed by atoms with Gasteiger partial charge in [-0.2, -0.15) is 5.26 Å². The Morgan fingerprint density at radius 2 is 2.26 bits per heavy atom. The lowest BCUT2D eigenvalue weighted by molar-refractivity contribution is -0.385. The van der Waals surface area contributed by atoms with Crippen LogP contribution in [0.3, 0.4) is 0 Å². The van der Waals surface area contributed by atoms with Crippen LogP contribution in [0.2, 0.25) is 0 Å². The molecule has 0 radical (unpaired) electrons. The zero-order chi connectivity index (χ0) is 14.0. The number of hydrogen-bond acceptors (Lipinski definition) is 5. The van der Waals surface area contributed by atoms with Crippen molar-refractivity contribution >= 4 is 11.4 Å². The lowest BCUT2D eigenvalue weighted by atomic mass is 9.98. The minimum absolute atomic E-state index is 0.0988. The third kappa shape index (κ3) is 2.51. The van der Waals surface area contributed by atoms with Crippen molar-refractivity contribution in [2.24, 2.45) is 0 Å². The van der Waals surface area contributed by atoms with Crippen LogP contribution in [0.15, 0.2) is 18.2 Å². The molecule has 0 spiro atoms. The van der Waals surface area contributed by atoms with Crippen LogP contribution >= 0.6 is 0 Å². The monoisotopic (exact) mass is 260 g/mol. The van der Waals surface area contributed by atoms with Gasteiger partial charge in [0.15, 0.2) is 0 Å². The van der Waals surface area contributed by atoms with Gasteiger partial charge in [0.25, 0.3) is 5.69 Å². The van der Waals surface area contributed by atoms with Gasteiger partial charge in [-0.25, -0.2) is 0 Å². The Kier molecular flexibility index (Phi) is 3.40. The number of anilines is 1. The molecule has 1 aromatic rings. The maximum absolute atomic E-state index is 11.0. The van der Waals surface area contributed by atoms with Crippen LogP contribution in [0.5, 0.6) is 0 Å². The van der Waals surface area contributed by atoms with E-state index < -0.39 is 4.92 Å². The van der Waals surface area contributed by atoms with Gasteiger partial charge in [-0.1, -0.05) is 0 Å². The maximum Gasteiger partial charge on any atom is 0.289 e. The van der Waals surface area contributed by atoms with E-state index in [0.717, 1.165) is 25.3 Å². The van der Waals surface area contributed by atoms with Crippen molar-refractivity contribution in [1.29, 1.82) is 5.26 Å². The number of rotatable bonds is 2. The molecule has 1 fully saturated rings. The topological polar surface area (TPSA) is 82.2 Å². The van der Waals surface area contributed by atoms with Gasteiger partial charge < -0.3 is 10.2 Å². The zero-order valence-electron chi connectivity index (χ0n) is 11.0. The first-order chi connectivity index (χ1) is 8.95. The van der Waals surface area contributed by atoms with Gasteiger partial charge in [0.2, 0.25) is 0 Å². The molecule has 0 bridgehead atoms. The molecule has 100 valence electrons. The largest absolute Gasteiger partial charge is 0.364 e. The summed E-state index contributed by atoms with van der Waals surface area (Å²) in [4.78, 5) is 12.6. The minimum atomic E-state index is -0.503. The molecule has 0 unspecified atom stereocenters. The molecule has 0 aromatic heterocycles. The Bertz CT molecular complexity index is 548. The minimum Gasteiger partial charge on any atom is -0.364 e. The molecular weight excluding hydrogens is 244 g/mol. The van der Waals surface area contributed by atoms with Gasteiger partial charge in [0.1, 0.15) is 11.6 Å². The highest BCUT2D eigenvalue weighted by Crippen LogP contribution is 2.30. The summed E-state index contributed by atoms with van der Waals surface area (Å²) in [6.07, 6.45) is 0. The molecule has 1 aliphatic rings. The zero-order valence-corrected chi connectivity index (χ0v) is 11.0. The Labute approximate surface area is 111 Å². The summed E-state index contributed by atoms with van der Waals surface area (Å²) in [6, 6.07) is 6.64. The highest BCUT2D eigenvalue weighted by Gasteiger charge is 2.30. The van der Waals surface area contributed by atoms with Crippen molar-refractivity contribution in [1.82, 2.24) is 5.32 Å². The van der Waals surface area contributed by atoms with Gasteiger partial charge in [0.05, 0.1) is 4.92 Å². The summed E-state index contributed by atoms with van der Waals surface area (Å²) >= 11 is 0. The second-order valence-electron chi connectivity index (χ2n) is 5.21. The third-order valence-electron chi connectivity index (χ3n) is 3.41. The van der Waals surface area contributed by atoms with Crippen LogP contribution in [0.1, 0.15) is 19.4 Å². The number of piperazine rings is 1. The van der Waals surface area contributed by atoms with E-state index in [1.807, 2.05) is 6.07 Å². The Hall–Kier alpha value is -2.13. The van der Waals surface area contributed by atoms with Gasteiger partial charge in [0, 0.05) is 36.9 Å². The van der Waals surface area contributed by atoms with Crippen molar-refractivity contribution in [3.63, 3.8) is 0 Å². The third-order valence-corrected chi connectivity index (χ3v) is 3.41. The molecule has 1 N–H and O–H groups in total. The lowest BCUT2D eigenvalue weighted by Gasteiger charge is -2.44. The summed E-state index contributed by atoms with van der Waals surface area (Å²) in [5, 5.41) is 23.2. The second kappa shape index (κ2) is 4.86. The van der Waals surface area contributed by atoms with Gasteiger partial charge in [-0.3, -0.25) is 10.1 Å². The van der Waals surface area contributed by atoms with Crippen molar-refractivity contribution < 1.29 is 4.92 Å². The number of nitro benzene ring substituents is 1. The van der Waals surface area contributed by atoms with Crippen LogP contribution in [0, 0.1) is 21.4 Å². The molecule has 0 amide bonds. The molecule has 1 heterocycles. The van der Waals surface area contributed by atoms with Crippen molar-refractivity contribution in [2.75, 3.05) is 24.5 Å². The predicted octanol–water partition coefficient (Wildman–Crippen LogP) is 1.65. The van der Waals surface area contributed by atoms with Crippen LogP contribution in [0.4, 0.5) is 11.4 Å². The van der Waals surface area contributed by atoms with Crippen molar-refractivity contribution in [2.45, 2.75) is 19.4 Å². The SMILES string of the molecule is CC1(C)CNCCN1c1ccc(C#N)c([N+](=O)[O-])c1. The standard InChI is InChI=1S/C13H16N4O2/c1-13(2)9-15-5-6-16(13)11-4-3-10(8-14)12(7-11)17(18)19/h3-4,7,15H,5-6,9H2,1-2H3. The summed E-state index contributed by atoms with van der Waals surface area (Å²) in [7, 11) is 0. The number of nitro groups is 1. The van der Waals surface area contributed by atoms with E-state index in [4.69, 9.17) is 5.26 Å². The van der Waals surface area contributed by atoms with E-state index in [1.54, 1.807) is 6.07 Å². The number of nitriles is 1. The molecule has 1 saturated heterocycles. The van der Waals surface area contributed by atoms with Crippen LogP contribution in [-0.4, -0.2) is 30.1 Å². The van der Waals surface area contributed by atoms with Crippen LogP contribution < -0.4 is 10.2 Å². The van der Waals surface area contributed by atoms with Gasteiger partial charge >= 0.3 is 0 Å². The Balaban J connectivity index is 2.43. The van der Waals surface area contributed by atoms with E-state index in [2.05, 4.69) is 24.1 Å². The first-order valence-corrected chi connectivity index (χ1v) is 6.12. The van der Waals surface area contributed by atoms with E-state index in [9.17, 15) is 10.1 Å². The number of nitrogens with one attached hydrogen (secondary N) is 1. The van der Waals surface area contributed by atoms with Crippen LogP contribution in [-0.2, 0) is 0 Å². The average molecular weight is 260 g/mol. The fourth-order valence-corrected chi connectivity index (χ4v) is 2.40. The van der Waals surface area contributed by atoms with Crippen molar-refractivity contribution in [3.8, 4) is 6.07 Å². The summed E-state index contributed by atoms with van der Waals surface area (Å²) in [5.74, 6) is 0. The molecule has 0 saturated carbocycles. The van der Waals surface area contributed by atoms with E-state index >= 15 is 0 Å². The average Bonchev–Trinajstić information content (AvgIpc) is 2.37. The Morgan fingerprint density at radius 1 is 1.53 bits per heavy atom. The molecule has 6 nitrogen and oxygen atoms in total. The molecule has 1 aromatic carbocycles. The smallest absolute Gasteiger partial charge is 0.289 e. The second-order valence-corrected chi connectivity index (χ2v) is 5.21. The Morgan fingerprint density at radius 3 is 2.84 bits per heavy atom. The molecule has 6 heteroatoms. The van der Waals surface area contributed by atoms with Gasteiger partial charge in [-0.15, -0.1) is 0 Å². The summed E-state index contributed by atoms with van der Waals surface area (Å²) < 4.78 is 0. The molecule has 19 heavy (non-hydrogen) atoms. The van der Waals surface area contributed by atoms with E-state index in [-0.39, 0.29) is 16.8 Å². The number of hydrogen-bond donors (Lipinski definition) is 1. The molecule has 1 aliphatic heterocycles. The molecule has 0 atom stereocenters. The van der Waals surface area contributed by atoms with E-state index in [1.165, 1.54) is 12.1 Å². The fraction of sp³-hybridized carbons (Fsp3) is 0.462. The lowest BCUT2D eigenvalue weighted by Crippen LogP contribution is -2.58. The molecule has 0 aliphatic carbocycles. The quantitative estimate of drug-likeness (QED) is 0.646. The predicted molar refractivity (Wildman–Crippen MR) is 72.1 cm³/mol. The van der Waals surface area contributed by atoms with E-state index in [0.29, 0.717) is 0 Å². The fourth-order valence-electron chi connectivity index (χ4n) is 2.40. The molecule has 2 rings (SSSR count). The van der Waals surface area contributed by atoms with Crippen LogP contribution in [0.25, 0.3) is 0 Å². The number of benzene rings is 1. The highest BCUT2D eigenvalue weighted by molar-refractivity contribution is 5.61. The first-order valence-electron chi connectivity index (χ1n) is 6.12. The first kappa shape index (κ1) is 13.3. The number of nitrogens with zero attached hydrogens (tertiary/aromatic N) is 3. The molecular formula is C13H16N4O2. The van der Waals surface area contributed by atoms with Crippen molar-refractivity contribution in [3.05, 3.63) is 33.9 Å². The normalized spacial score (nSPS) is 17.8. The van der Waals surface area contributed by atoms with Gasteiger partial charge in [-0.05, 0) is 26.0 Å².